The van der Waals surface area contributed by atoms with E-state index in [4.69, 9.17) is 22.1 Å². The molecule has 1 aromatic rings. The number of nitrogens with two attached hydrogens (primary N) is 1. The fraction of sp³-hybridized carbons (Fsp3) is 0.0909. The number of ether oxygens (including phenoxy) is 1. The molecule has 0 aliphatic rings. The molecule has 84 valence electrons. The monoisotopic (exact) mass is 237 g/mol. The van der Waals surface area contributed by atoms with Crippen LogP contribution in [-0.2, 0) is 4.74 Å². The number of nitrogens with zero attached hydrogens (tertiary/aromatic N) is 2. The molecule has 1 heterocycles. The normalized spacial score (nSPS) is 13.0. The fourth-order valence-corrected chi connectivity index (χ4v) is 1.23. The van der Waals surface area contributed by atoms with Crippen LogP contribution in [0.3, 0.4) is 0 Å². The molecule has 1 aromatic heterocycles. The van der Waals surface area contributed by atoms with Crippen molar-refractivity contribution < 1.29 is 4.74 Å². The summed E-state index contributed by atoms with van der Waals surface area (Å²) < 4.78 is 4.94. The number of methoxy groups -OCH3 is 1. The molecule has 0 atom stereocenters. The first kappa shape index (κ1) is 12.3. The maximum atomic E-state index is 5.88. The molecule has 0 bridgehead atoms. The van der Waals surface area contributed by atoms with E-state index in [-0.39, 0.29) is 11.0 Å². The zero-order chi connectivity index (χ0) is 12.0. The van der Waals surface area contributed by atoms with Gasteiger partial charge in [0.05, 0.1) is 7.11 Å². The van der Waals surface area contributed by atoms with E-state index in [0.717, 1.165) is 0 Å². The van der Waals surface area contributed by atoms with Crippen LogP contribution < -0.4 is 5.73 Å². The molecule has 1 rings (SSSR count). The molecule has 2 N–H and O–H groups in total. The van der Waals surface area contributed by atoms with Gasteiger partial charge in [-0.15, -0.1) is 0 Å². The van der Waals surface area contributed by atoms with E-state index in [0.29, 0.717) is 11.5 Å². The van der Waals surface area contributed by atoms with Crippen LogP contribution in [0.5, 0.6) is 0 Å². The zero-order valence-corrected chi connectivity index (χ0v) is 9.61. The van der Waals surface area contributed by atoms with Crippen LogP contribution in [-0.4, -0.2) is 17.9 Å². The molecule has 0 saturated heterocycles. The molecule has 0 saturated carbocycles. The number of aromatic nitrogens is 1. The van der Waals surface area contributed by atoms with Crippen molar-refractivity contribution in [3.8, 4) is 0 Å². The third-order valence-corrected chi connectivity index (χ3v) is 2.03. The zero-order valence-electron chi connectivity index (χ0n) is 8.85. The highest BCUT2D eigenvalue weighted by atomic mass is 35.5. The maximum absolute atomic E-state index is 5.88. The van der Waals surface area contributed by atoms with Crippen molar-refractivity contribution in [1.82, 2.24) is 4.98 Å². The molecule has 5 heteroatoms. The van der Waals surface area contributed by atoms with Gasteiger partial charge in [-0.25, -0.2) is 4.99 Å². The molecule has 0 aromatic carbocycles. The lowest BCUT2D eigenvalue weighted by Gasteiger charge is -2.02. The third kappa shape index (κ3) is 3.10. The van der Waals surface area contributed by atoms with E-state index < -0.39 is 0 Å². The smallest absolute Gasteiger partial charge is 0.173 e. The summed E-state index contributed by atoms with van der Waals surface area (Å²) in [5, 5.41) is 0.139. The predicted octanol–water partition coefficient (Wildman–Crippen LogP) is 2.03. The Labute approximate surface area is 99.1 Å². The van der Waals surface area contributed by atoms with Crippen molar-refractivity contribution in [2.75, 3.05) is 7.11 Å². The first-order valence-corrected chi connectivity index (χ1v) is 4.88. The number of halogens is 1. The number of hydrogen-bond donors (Lipinski definition) is 1. The summed E-state index contributed by atoms with van der Waals surface area (Å²) in [4.78, 5) is 8.01. The Morgan fingerprint density at radius 1 is 1.62 bits per heavy atom. The number of rotatable bonds is 4. The van der Waals surface area contributed by atoms with Gasteiger partial charge in [-0.1, -0.05) is 24.2 Å². The van der Waals surface area contributed by atoms with Gasteiger partial charge < -0.3 is 10.5 Å². The highest BCUT2D eigenvalue weighted by Gasteiger charge is 2.03. The molecule has 4 nitrogen and oxygen atoms in total. The van der Waals surface area contributed by atoms with E-state index in [1.165, 1.54) is 13.2 Å². The van der Waals surface area contributed by atoms with Gasteiger partial charge in [0.1, 0.15) is 5.69 Å². The van der Waals surface area contributed by atoms with Gasteiger partial charge in [-0.05, 0) is 18.2 Å². The second-order valence-electron chi connectivity index (χ2n) is 2.78. The second kappa shape index (κ2) is 5.92. The average Bonchev–Trinajstić information content (AvgIpc) is 2.31. The van der Waals surface area contributed by atoms with Crippen molar-refractivity contribution in [3.05, 3.63) is 53.7 Å². The van der Waals surface area contributed by atoms with Crippen molar-refractivity contribution in [3.63, 3.8) is 0 Å². The summed E-state index contributed by atoms with van der Waals surface area (Å²) in [6, 6.07) is 5.34. The van der Waals surface area contributed by atoms with Crippen molar-refractivity contribution in [2.45, 2.75) is 0 Å². The number of amidine groups is 1. The molecule has 0 radical (unpaired) electrons. The molecule has 0 aliphatic carbocycles. The minimum atomic E-state index is 0.139. The molecular formula is C11H12ClN3O. The van der Waals surface area contributed by atoms with Gasteiger partial charge in [0.15, 0.2) is 16.8 Å². The Morgan fingerprint density at radius 3 is 2.88 bits per heavy atom. The van der Waals surface area contributed by atoms with E-state index in [9.17, 15) is 0 Å². The van der Waals surface area contributed by atoms with Crippen LogP contribution in [0.1, 0.15) is 5.69 Å². The topological polar surface area (TPSA) is 60.5 Å². The number of pyridine rings is 1. The molecule has 0 amide bonds. The highest BCUT2D eigenvalue weighted by molar-refractivity contribution is 6.30. The van der Waals surface area contributed by atoms with Gasteiger partial charge >= 0.3 is 0 Å². The predicted molar refractivity (Wildman–Crippen MR) is 65.0 cm³/mol. The van der Waals surface area contributed by atoms with E-state index in [2.05, 4.69) is 16.6 Å². The Morgan fingerprint density at radius 2 is 2.38 bits per heavy atom. The lowest BCUT2D eigenvalue weighted by molar-refractivity contribution is 0.304. The molecule has 0 aliphatic heterocycles. The molecular weight excluding hydrogens is 226 g/mol. The SMILES string of the molecule is C=C/C(OC)=C(/Cl)N=C(N)c1ccccn1. The molecule has 0 unspecified atom stereocenters. The lowest BCUT2D eigenvalue weighted by atomic mass is 10.3. The van der Waals surface area contributed by atoms with Crippen LogP contribution in [0.2, 0.25) is 0 Å². The molecule has 0 spiro atoms. The van der Waals surface area contributed by atoms with Crippen LogP contribution in [0.4, 0.5) is 0 Å². The van der Waals surface area contributed by atoms with E-state index in [1.807, 2.05) is 6.07 Å². The van der Waals surface area contributed by atoms with Crippen molar-refractivity contribution in [1.29, 1.82) is 0 Å². The summed E-state index contributed by atoms with van der Waals surface area (Å²) in [5.74, 6) is 0.586. The second-order valence-corrected chi connectivity index (χ2v) is 3.13. The number of allylic oxidation sites excluding steroid dienone is 1. The van der Waals surface area contributed by atoms with Crippen LogP contribution in [0.25, 0.3) is 0 Å². The molecule has 16 heavy (non-hydrogen) atoms. The van der Waals surface area contributed by atoms with Crippen molar-refractivity contribution in [2.24, 2.45) is 10.7 Å². The van der Waals surface area contributed by atoms with Gasteiger partial charge in [-0.2, -0.15) is 0 Å². The van der Waals surface area contributed by atoms with Gasteiger partial charge in [0, 0.05) is 6.20 Å². The van der Waals surface area contributed by atoms with Gasteiger partial charge in [0.25, 0.3) is 0 Å². The van der Waals surface area contributed by atoms with Gasteiger partial charge in [-0.3, -0.25) is 4.98 Å². The maximum Gasteiger partial charge on any atom is 0.173 e. The average molecular weight is 238 g/mol. The summed E-state index contributed by atoms with van der Waals surface area (Å²) in [6.07, 6.45) is 3.08. The van der Waals surface area contributed by atoms with Crippen LogP contribution in [0.15, 0.2) is 53.0 Å². The first-order chi connectivity index (χ1) is 7.69. The quantitative estimate of drug-likeness (QED) is 0.287. The van der Waals surface area contributed by atoms with Crippen molar-refractivity contribution >= 4 is 17.4 Å². The molecule has 0 fully saturated rings. The summed E-state index contributed by atoms with van der Waals surface area (Å²) in [5.41, 5.74) is 6.28. The minimum Gasteiger partial charge on any atom is -0.494 e. The lowest BCUT2D eigenvalue weighted by Crippen LogP contribution is -2.14. The van der Waals surface area contributed by atoms with E-state index >= 15 is 0 Å². The Kier molecular flexibility index (Phi) is 4.54. The number of aliphatic imine (C=N–C) groups is 1. The summed E-state index contributed by atoms with van der Waals surface area (Å²) >= 11 is 5.88. The summed E-state index contributed by atoms with van der Waals surface area (Å²) in [7, 11) is 1.48. The largest absolute Gasteiger partial charge is 0.494 e. The van der Waals surface area contributed by atoms with Gasteiger partial charge in [0.2, 0.25) is 0 Å². The highest BCUT2D eigenvalue weighted by Crippen LogP contribution is 2.13. The van der Waals surface area contributed by atoms with E-state index in [1.54, 1.807) is 18.3 Å². The first-order valence-electron chi connectivity index (χ1n) is 4.50. The fourth-order valence-electron chi connectivity index (χ4n) is 0.984. The Balaban J connectivity index is 3.02. The minimum absolute atomic E-state index is 0.139. The Bertz CT molecular complexity index is 426. The van der Waals surface area contributed by atoms with Crippen LogP contribution >= 0.6 is 11.6 Å². The standard InChI is InChI=1S/C11H12ClN3O/c1-3-9(16-2)10(12)15-11(13)8-6-4-5-7-14-8/h3-7H,1H2,2H3,(H2,13,15)/b10-9+. The van der Waals surface area contributed by atoms with Crippen LogP contribution in [0, 0.1) is 0 Å². The third-order valence-electron chi connectivity index (χ3n) is 1.75. The Hall–Kier alpha value is -1.81. The number of hydrogen-bond acceptors (Lipinski definition) is 3. The summed E-state index contributed by atoms with van der Waals surface area (Å²) in [6.45, 7) is 3.54.